The zero-order valence-corrected chi connectivity index (χ0v) is 9.42. The number of nitrogens with zero attached hydrogens (tertiary/aromatic N) is 2. The van der Waals surface area contributed by atoms with E-state index in [9.17, 15) is 0 Å². The molecule has 0 aliphatic heterocycles. The van der Waals surface area contributed by atoms with E-state index in [0.29, 0.717) is 22.1 Å². The van der Waals surface area contributed by atoms with Gasteiger partial charge in [-0.3, -0.25) is 0 Å². The highest BCUT2D eigenvalue weighted by Gasteiger charge is 2.04. The number of aromatic nitrogens is 2. The lowest BCUT2D eigenvalue weighted by atomic mass is 10.1. The van der Waals surface area contributed by atoms with Gasteiger partial charge >= 0.3 is 0 Å². The van der Waals surface area contributed by atoms with E-state index in [1.807, 2.05) is 24.3 Å². The van der Waals surface area contributed by atoms with Crippen LogP contribution in [0.3, 0.4) is 0 Å². The van der Waals surface area contributed by atoms with Crippen molar-refractivity contribution in [3.05, 3.63) is 45.5 Å². The normalized spacial score (nSPS) is 10.4. The summed E-state index contributed by atoms with van der Waals surface area (Å²) in [7, 11) is 0. The van der Waals surface area contributed by atoms with Crippen LogP contribution in [0.4, 0.5) is 0 Å². The summed E-state index contributed by atoms with van der Waals surface area (Å²) in [5.41, 5.74) is 1.06. The maximum atomic E-state index is 5.84. The van der Waals surface area contributed by atoms with Crippen molar-refractivity contribution in [2.75, 3.05) is 0 Å². The first-order valence-electron chi connectivity index (χ1n) is 3.96. The number of hydrogen-bond acceptors (Lipinski definition) is 3. The summed E-state index contributed by atoms with van der Waals surface area (Å²) >= 11 is 8.94. The maximum Gasteiger partial charge on any atom is 0.293 e. The molecule has 2 rings (SSSR count). The van der Waals surface area contributed by atoms with Crippen LogP contribution in [-0.4, -0.2) is 10.1 Å². The fourth-order valence-corrected chi connectivity index (χ4v) is 1.62. The third-order valence-electron chi connectivity index (χ3n) is 1.69. The fraction of sp³-hybridized carbons (Fsp3) is 0.111. The van der Waals surface area contributed by atoms with E-state index in [1.165, 1.54) is 0 Å². The standard InChI is InChI=1S/C9H6BrClN2O/c10-9-12-8(13-14-9)5-6-2-1-3-7(11)4-6/h1-4H,5H2. The third-order valence-corrected chi connectivity index (χ3v) is 2.25. The zero-order chi connectivity index (χ0) is 9.97. The van der Waals surface area contributed by atoms with Crippen LogP contribution >= 0.6 is 27.5 Å². The molecule has 72 valence electrons. The summed E-state index contributed by atoms with van der Waals surface area (Å²) < 4.78 is 4.79. The molecule has 14 heavy (non-hydrogen) atoms. The fourth-order valence-electron chi connectivity index (χ4n) is 1.13. The van der Waals surface area contributed by atoms with Crippen molar-refractivity contribution in [2.45, 2.75) is 6.42 Å². The Balaban J connectivity index is 2.18. The first-order chi connectivity index (χ1) is 6.74. The lowest BCUT2D eigenvalue weighted by Gasteiger charge is -1.96. The summed E-state index contributed by atoms with van der Waals surface area (Å²) in [4.78, 5) is 4.43. The van der Waals surface area contributed by atoms with Gasteiger partial charge in [-0.15, -0.1) is 0 Å². The summed E-state index contributed by atoms with van der Waals surface area (Å²) in [6.07, 6.45) is 0.621. The molecular formula is C9H6BrClN2O. The molecule has 0 N–H and O–H groups in total. The Labute approximate surface area is 94.2 Å². The van der Waals surface area contributed by atoms with Gasteiger partial charge in [-0.2, -0.15) is 4.98 Å². The van der Waals surface area contributed by atoms with Crippen LogP contribution < -0.4 is 0 Å². The average molecular weight is 274 g/mol. The Hall–Kier alpha value is -0.870. The number of hydrogen-bond donors (Lipinski definition) is 0. The summed E-state index contributed by atoms with van der Waals surface area (Å²) in [5, 5.41) is 4.48. The molecule has 3 nitrogen and oxygen atoms in total. The Kier molecular flexibility index (Phi) is 2.84. The van der Waals surface area contributed by atoms with Gasteiger partial charge in [-0.1, -0.05) is 28.9 Å². The van der Waals surface area contributed by atoms with Gasteiger partial charge in [0.2, 0.25) is 0 Å². The minimum Gasteiger partial charge on any atom is -0.327 e. The number of halogens is 2. The molecule has 1 heterocycles. The van der Waals surface area contributed by atoms with Gasteiger partial charge in [0.15, 0.2) is 5.82 Å². The third kappa shape index (κ3) is 2.33. The minimum atomic E-state index is 0.398. The van der Waals surface area contributed by atoms with Gasteiger partial charge < -0.3 is 4.52 Å². The van der Waals surface area contributed by atoms with E-state index in [1.54, 1.807) is 0 Å². The van der Waals surface area contributed by atoms with E-state index in [0.717, 1.165) is 5.56 Å². The second-order valence-corrected chi connectivity index (χ2v) is 3.89. The zero-order valence-electron chi connectivity index (χ0n) is 7.08. The Morgan fingerprint density at radius 2 is 2.29 bits per heavy atom. The van der Waals surface area contributed by atoms with E-state index >= 15 is 0 Å². The van der Waals surface area contributed by atoms with Crippen LogP contribution in [0.5, 0.6) is 0 Å². The summed E-state index contributed by atoms with van der Waals surface area (Å²) in [5.74, 6) is 0.638. The van der Waals surface area contributed by atoms with Crippen LogP contribution in [0.1, 0.15) is 11.4 Å². The topological polar surface area (TPSA) is 38.9 Å². The molecule has 2 aromatic rings. The second-order valence-electron chi connectivity index (χ2n) is 2.77. The molecule has 1 aromatic heterocycles. The Morgan fingerprint density at radius 1 is 1.43 bits per heavy atom. The molecule has 0 spiro atoms. The average Bonchev–Trinajstić information content (AvgIpc) is 2.51. The van der Waals surface area contributed by atoms with Gasteiger partial charge in [-0.05, 0) is 17.7 Å². The van der Waals surface area contributed by atoms with E-state index in [2.05, 4.69) is 26.1 Å². The molecule has 0 bridgehead atoms. The maximum absolute atomic E-state index is 5.84. The lowest BCUT2D eigenvalue weighted by Crippen LogP contribution is -1.89. The Morgan fingerprint density at radius 3 is 2.93 bits per heavy atom. The monoisotopic (exact) mass is 272 g/mol. The van der Waals surface area contributed by atoms with Gasteiger partial charge in [0.1, 0.15) is 0 Å². The molecule has 0 atom stereocenters. The number of benzene rings is 1. The van der Waals surface area contributed by atoms with Crippen LogP contribution in [-0.2, 0) is 6.42 Å². The molecule has 0 saturated heterocycles. The molecule has 0 radical (unpaired) electrons. The number of rotatable bonds is 2. The van der Waals surface area contributed by atoms with Crippen molar-refractivity contribution in [2.24, 2.45) is 0 Å². The molecule has 0 aliphatic carbocycles. The highest BCUT2D eigenvalue weighted by molar-refractivity contribution is 9.10. The molecule has 0 unspecified atom stereocenters. The van der Waals surface area contributed by atoms with Gasteiger partial charge in [0, 0.05) is 27.4 Å². The predicted octanol–water partition coefficient (Wildman–Crippen LogP) is 3.08. The largest absolute Gasteiger partial charge is 0.327 e. The van der Waals surface area contributed by atoms with Crippen molar-refractivity contribution in [3.8, 4) is 0 Å². The quantitative estimate of drug-likeness (QED) is 0.844. The van der Waals surface area contributed by atoms with Crippen LogP contribution in [0, 0.1) is 0 Å². The first-order valence-corrected chi connectivity index (χ1v) is 5.13. The molecule has 5 heteroatoms. The van der Waals surface area contributed by atoms with Gasteiger partial charge in [0.05, 0.1) is 0 Å². The lowest BCUT2D eigenvalue weighted by molar-refractivity contribution is 0.391. The molecular weight excluding hydrogens is 267 g/mol. The van der Waals surface area contributed by atoms with E-state index < -0.39 is 0 Å². The summed E-state index contributed by atoms with van der Waals surface area (Å²) in [6.45, 7) is 0. The summed E-state index contributed by atoms with van der Waals surface area (Å²) in [6, 6.07) is 7.58. The van der Waals surface area contributed by atoms with Crippen molar-refractivity contribution in [1.82, 2.24) is 10.1 Å². The molecule has 0 saturated carbocycles. The molecule has 0 aliphatic rings. The van der Waals surface area contributed by atoms with Crippen molar-refractivity contribution >= 4 is 27.5 Å². The van der Waals surface area contributed by atoms with Crippen LogP contribution in [0.2, 0.25) is 5.02 Å². The van der Waals surface area contributed by atoms with Crippen molar-refractivity contribution in [1.29, 1.82) is 0 Å². The molecule has 1 aromatic carbocycles. The molecule has 0 fully saturated rings. The SMILES string of the molecule is Clc1cccc(Cc2noc(Br)n2)c1. The smallest absolute Gasteiger partial charge is 0.293 e. The highest BCUT2D eigenvalue weighted by Crippen LogP contribution is 2.14. The highest BCUT2D eigenvalue weighted by atomic mass is 79.9. The van der Waals surface area contributed by atoms with Crippen molar-refractivity contribution in [3.63, 3.8) is 0 Å². The van der Waals surface area contributed by atoms with Gasteiger partial charge in [-0.25, -0.2) is 0 Å². The van der Waals surface area contributed by atoms with Crippen LogP contribution in [0.25, 0.3) is 0 Å². The molecule has 0 amide bonds. The van der Waals surface area contributed by atoms with E-state index in [4.69, 9.17) is 16.1 Å². The van der Waals surface area contributed by atoms with Gasteiger partial charge in [0.25, 0.3) is 4.80 Å². The minimum absolute atomic E-state index is 0.398. The van der Waals surface area contributed by atoms with Crippen molar-refractivity contribution < 1.29 is 4.52 Å². The first kappa shape index (κ1) is 9.68. The van der Waals surface area contributed by atoms with E-state index in [-0.39, 0.29) is 0 Å². The predicted molar refractivity (Wildman–Crippen MR) is 56.3 cm³/mol. The van der Waals surface area contributed by atoms with Crippen LogP contribution in [0.15, 0.2) is 33.6 Å². The Bertz CT molecular complexity index is 444. The second kappa shape index (κ2) is 4.11.